The number of hydrogen-bond donors (Lipinski definition) is 1. The zero-order valence-corrected chi connectivity index (χ0v) is 8.65. The van der Waals surface area contributed by atoms with Gasteiger partial charge in [-0.1, -0.05) is 11.6 Å². The fourth-order valence-corrected chi connectivity index (χ4v) is 1.01. The van der Waals surface area contributed by atoms with Gasteiger partial charge in [0.05, 0.1) is 12.5 Å². The number of aliphatic imine (C=N–C) groups is 1. The molecule has 1 rings (SSSR count). The average Bonchev–Trinajstić information content (AvgIpc) is 2.24. The quantitative estimate of drug-likeness (QED) is 0.794. The van der Waals surface area contributed by atoms with E-state index in [4.69, 9.17) is 22.6 Å². The lowest BCUT2D eigenvalue weighted by atomic mass is 10.2. The molecule has 0 aliphatic carbocycles. The molecule has 0 bridgehead atoms. The van der Waals surface area contributed by atoms with Gasteiger partial charge in [-0.25, -0.2) is 9.98 Å². The van der Waals surface area contributed by atoms with Crippen molar-refractivity contribution < 1.29 is 0 Å². The van der Waals surface area contributed by atoms with Crippen molar-refractivity contribution in [3.05, 3.63) is 35.1 Å². The molecular formula is C10H9ClN4. The van der Waals surface area contributed by atoms with E-state index < -0.39 is 0 Å². The van der Waals surface area contributed by atoms with Crippen LogP contribution in [0.25, 0.3) is 0 Å². The van der Waals surface area contributed by atoms with E-state index in [1.54, 1.807) is 18.3 Å². The monoisotopic (exact) mass is 220 g/mol. The highest BCUT2D eigenvalue weighted by atomic mass is 35.5. The van der Waals surface area contributed by atoms with E-state index in [9.17, 15) is 0 Å². The first kappa shape index (κ1) is 11.2. The summed E-state index contributed by atoms with van der Waals surface area (Å²) in [6.07, 6.45) is 4.63. The minimum atomic E-state index is 0.223. The van der Waals surface area contributed by atoms with Crippen LogP contribution < -0.4 is 5.73 Å². The van der Waals surface area contributed by atoms with Gasteiger partial charge >= 0.3 is 0 Å². The summed E-state index contributed by atoms with van der Waals surface area (Å²) in [4.78, 5) is 8.01. The van der Waals surface area contributed by atoms with Crippen molar-refractivity contribution in [2.24, 2.45) is 10.7 Å². The molecule has 1 aromatic heterocycles. The Kier molecular flexibility index (Phi) is 4.32. The minimum absolute atomic E-state index is 0.223. The molecule has 0 unspecified atom stereocenters. The fraction of sp³-hybridized carbons (Fsp3) is 0.100. The second kappa shape index (κ2) is 5.78. The Morgan fingerprint density at radius 3 is 3.13 bits per heavy atom. The molecule has 76 valence electrons. The number of halogens is 1. The molecule has 0 spiro atoms. The Morgan fingerprint density at radius 2 is 2.53 bits per heavy atom. The summed E-state index contributed by atoms with van der Waals surface area (Å²) in [5.74, 6) is 0.486. The van der Waals surface area contributed by atoms with Crippen molar-refractivity contribution in [2.75, 3.05) is 0 Å². The highest BCUT2D eigenvalue weighted by Crippen LogP contribution is 2.14. The number of rotatable bonds is 3. The molecule has 0 aliphatic heterocycles. The average molecular weight is 221 g/mol. The Morgan fingerprint density at radius 1 is 1.73 bits per heavy atom. The maximum Gasteiger partial charge on any atom is 0.153 e. The summed E-state index contributed by atoms with van der Waals surface area (Å²) in [6.45, 7) is 0. The summed E-state index contributed by atoms with van der Waals surface area (Å²) in [5.41, 5.74) is 5.94. The third kappa shape index (κ3) is 3.79. The second-order valence-electron chi connectivity index (χ2n) is 2.67. The van der Waals surface area contributed by atoms with Gasteiger partial charge in [0.15, 0.2) is 5.82 Å². The van der Waals surface area contributed by atoms with Gasteiger partial charge in [0.1, 0.15) is 0 Å². The van der Waals surface area contributed by atoms with E-state index in [1.165, 1.54) is 12.4 Å². The topological polar surface area (TPSA) is 75.1 Å². The van der Waals surface area contributed by atoms with E-state index >= 15 is 0 Å². The van der Waals surface area contributed by atoms with Gasteiger partial charge in [-0.2, -0.15) is 5.26 Å². The summed E-state index contributed by atoms with van der Waals surface area (Å²) in [6, 6.07) is 5.27. The molecule has 15 heavy (non-hydrogen) atoms. The Bertz CT molecular complexity index is 431. The maximum atomic E-state index is 8.46. The van der Waals surface area contributed by atoms with Crippen LogP contribution >= 0.6 is 11.6 Å². The highest BCUT2D eigenvalue weighted by molar-refractivity contribution is 6.30. The van der Waals surface area contributed by atoms with Crippen LogP contribution in [0, 0.1) is 11.3 Å². The molecular weight excluding hydrogens is 212 g/mol. The molecule has 0 fully saturated rings. The number of pyridine rings is 1. The van der Waals surface area contributed by atoms with Crippen LogP contribution in [-0.2, 0) is 0 Å². The fourth-order valence-electron chi connectivity index (χ4n) is 0.852. The van der Waals surface area contributed by atoms with E-state index in [1.807, 2.05) is 6.07 Å². The summed E-state index contributed by atoms with van der Waals surface area (Å²) in [7, 11) is 0. The van der Waals surface area contributed by atoms with Gasteiger partial charge in [0.2, 0.25) is 0 Å². The molecule has 0 saturated carbocycles. The largest absolute Gasteiger partial charge is 0.404 e. The van der Waals surface area contributed by atoms with Crippen molar-refractivity contribution in [2.45, 2.75) is 6.42 Å². The Balaban J connectivity index is 2.77. The molecule has 0 amide bonds. The predicted molar refractivity (Wildman–Crippen MR) is 59.9 cm³/mol. The number of allylic oxidation sites excluding steroid dienone is 1. The third-order valence-electron chi connectivity index (χ3n) is 1.57. The number of hydrogen-bond acceptors (Lipinski definition) is 4. The van der Waals surface area contributed by atoms with Gasteiger partial charge in [-0.3, -0.25) is 0 Å². The standard InChI is InChI=1S/C10H9ClN4/c11-9-2-4-14-10(5-9)15-7-8(6-13)1-3-12/h2,4-7H,1,13H2/b8-6-,15-7?. The van der Waals surface area contributed by atoms with Crippen molar-refractivity contribution in [3.8, 4) is 6.07 Å². The van der Waals surface area contributed by atoms with E-state index in [-0.39, 0.29) is 6.42 Å². The van der Waals surface area contributed by atoms with Crippen LogP contribution in [0.5, 0.6) is 0 Å². The minimum Gasteiger partial charge on any atom is -0.404 e. The van der Waals surface area contributed by atoms with Crippen LogP contribution in [0.3, 0.4) is 0 Å². The Hall–Kier alpha value is -1.86. The van der Waals surface area contributed by atoms with E-state index in [2.05, 4.69) is 9.98 Å². The van der Waals surface area contributed by atoms with Crippen molar-refractivity contribution in [1.82, 2.24) is 4.98 Å². The van der Waals surface area contributed by atoms with E-state index in [0.29, 0.717) is 16.4 Å². The molecule has 0 aromatic carbocycles. The van der Waals surface area contributed by atoms with Crippen molar-refractivity contribution >= 4 is 23.6 Å². The van der Waals surface area contributed by atoms with Crippen LogP contribution in [0.4, 0.5) is 5.82 Å². The molecule has 0 atom stereocenters. The third-order valence-corrected chi connectivity index (χ3v) is 1.80. The predicted octanol–water partition coefficient (Wildman–Crippen LogP) is 2.19. The van der Waals surface area contributed by atoms with Crippen LogP contribution in [0.15, 0.2) is 35.1 Å². The molecule has 4 nitrogen and oxygen atoms in total. The van der Waals surface area contributed by atoms with Gasteiger partial charge < -0.3 is 5.73 Å². The molecule has 0 aliphatic rings. The molecule has 5 heteroatoms. The Labute approximate surface area is 92.7 Å². The number of nitrogens with zero attached hydrogens (tertiary/aromatic N) is 3. The lowest BCUT2D eigenvalue weighted by molar-refractivity contribution is 1.25. The molecule has 0 saturated heterocycles. The van der Waals surface area contributed by atoms with E-state index in [0.717, 1.165) is 0 Å². The second-order valence-corrected chi connectivity index (χ2v) is 3.10. The summed E-state index contributed by atoms with van der Waals surface area (Å²) in [5, 5.41) is 9.03. The van der Waals surface area contributed by atoms with Gasteiger partial charge in [-0.05, 0) is 17.8 Å². The molecule has 1 heterocycles. The van der Waals surface area contributed by atoms with Crippen molar-refractivity contribution in [1.29, 1.82) is 5.26 Å². The summed E-state index contributed by atoms with van der Waals surface area (Å²) < 4.78 is 0. The zero-order valence-electron chi connectivity index (χ0n) is 7.89. The zero-order chi connectivity index (χ0) is 11.1. The van der Waals surface area contributed by atoms with Crippen LogP contribution in [-0.4, -0.2) is 11.2 Å². The van der Waals surface area contributed by atoms with Gasteiger partial charge in [0.25, 0.3) is 0 Å². The first-order valence-electron chi connectivity index (χ1n) is 4.19. The molecule has 2 N–H and O–H groups in total. The van der Waals surface area contributed by atoms with Gasteiger partial charge in [-0.15, -0.1) is 0 Å². The molecule has 1 aromatic rings. The number of nitriles is 1. The smallest absolute Gasteiger partial charge is 0.153 e. The molecule has 0 radical (unpaired) electrons. The van der Waals surface area contributed by atoms with Crippen LogP contribution in [0.1, 0.15) is 6.42 Å². The number of nitrogens with two attached hydrogens (primary N) is 1. The first-order chi connectivity index (χ1) is 7.26. The SMILES string of the molecule is N#CC/C(C=Nc1cc(Cl)ccn1)=C/N. The normalized spacial score (nSPS) is 11.6. The lowest BCUT2D eigenvalue weighted by Gasteiger charge is -1.94. The maximum absolute atomic E-state index is 8.46. The number of aromatic nitrogens is 1. The summed E-state index contributed by atoms with van der Waals surface area (Å²) >= 11 is 5.75. The first-order valence-corrected chi connectivity index (χ1v) is 4.57. The van der Waals surface area contributed by atoms with Crippen molar-refractivity contribution in [3.63, 3.8) is 0 Å². The lowest BCUT2D eigenvalue weighted by Crippen LogP contribution is -1.89. The highest BCUT2D eigenvalue weighted by Gasteiger charge is 1.93. The van der Waals surface area contributed by atoms with Gasteiger partial charge in [0, 0.05) is 23.5 Å². The van der Waals surface area contributed by atoms with Crippen LogP contribution in [0.2, 0.25) is 5.02 Å².